The van der Waals surface area contributed by atoms with Crippen molar-refractivity contribution in [1.82, 2.24) is 19.9 Å². The van der Waals surface area contributed by atoms with Crippen molar-refractivity contribution in [2.75, 3.05) is 0 Å². The van der Waals surface area contributed by atoms with Gasteiger partial charge in [0.2, 0.25) is 5.89 Å². The fourth-order valence-corrected chi connectivity index (χ4v) is 7.27. The van der Waals surface area contributed by atoms with Crippen molar-refractivity contribution in [1.29, 1.82) is 0 Å². The highest BCUT2D eigenvalue weighted by Crippen LogP contribution is 2.13. The average molecular weight is 1520 g/mol. The van der Waals surface area contributed by atoms with Crippen LogP contribution in [0.3, 0.4) is 0 Å². The van der Waals surface area contributed by atoms with E-state index in [9.17, 15) is 0 Å². The van der Waals surface area contributed by atoms with Crippen LogP contribution >= 0.6 is 45.3 Å². The Labute approximate surface area is 666 Å². The monoisotopic (exact) mass is 1520 g/mol. The van der Waals surface area contributed by atoms with E-state index in [4.69, 9.17) is 13.3 Å². The number of thiophene rings is 2. The van der Waals surface area contributed by atoms with Crippen molar-refractivity contribution in [3.05, 3.63) is 157 Å². The van der Waals surface area contributed by atoms with Gasteiger partial charge in [0.1, 0.15) is 17.5 Å². The van der Waals surface area contributed by atoms with Crippen LogP contribution in [0.25, 0.3) is 18.2 Å². The molecule has 0 aliphatic heterocycles. The zero-order valence-corrected chi connectivity index (χ0v) is 76.7. The molecule has 105 heavy (non-hydrogen) atoms. The molecule has 11 heteroatoms. The number of nitrogens with zero attached hydrogens (tertiary/aromatic N) is 4. The van der Waals surface area contributed by atoms with Gasteiger partial charge in [-0.15, -0.1) is 45.3 Å². The summed E-state index contributed by atoms with van der Waals surface area (Å²) in [5, 5.41) is 10.1. The fourth-order valence-electron chi connectivity index (χ4n) is 4.97. The van der Waals surface area contributed by atoms with E-state index in [2.05, 4.69) is 369 Å². The maximum absolute atomic E-state index is 5.04. The van der Waals surface area contributed by atoms with Gasteiger partial charge in [0.05, 0.1) is 23.5 Å². The van der Waals surface area contributed by atoms with Crippen LogP contribution < -0.4 is 0 Å². The van der Waals surface area contributed by atoms with E-state index in [1.54, 1.807) is 76.5 Å². The summed E-state index contributed by atoms with van der Waals surface area (Å²) in [6, 6.07) is 12.0. The van der Waals surface area contributed by atoms with Crippen molar-refractivity contribution < 1.29 is 13.3 Å². The highest BCUT2D eigenvalue weighted by atomic mass is 32.1. The molecule has 7 aromatic rings. The normalized spacial score (nSPS) is 9.95. The maximum atomic E-state index is 5.04. The van der Waals surface area contributed by atoms with E-state index in [1.807, 2.05) is 41.2 Å². The summed E-state index contributed by atoms with van der Waals surface area (Å²) in [4.78, 5) is 18.6. The van der Waals surface area contributed by atoms with Crippen LogP contribution in [0.5, 0.6) is 0 Å². The molecule has 0 saturated heterocycles. The summed E-state index contributed by atoms with van der Waals surface area (Å²) in [7, 11) is 0. The molecular formula is C94H156N4O3S4. The van der Waals surface area contributed by atoms with Crippen molar-refractivity contribution >= 4 is 63.6 Å². The summed E-state index contributed by atoms with van der Waals surface area (Å²) >= 11 is 6.76. The molecule has 0 amide bonds. The minimum absolute atomic E-state index is 0.505. The van der Waals surface area contributed by atoms with Gasteiger partial charge in [-0.05, 0) is 173 Å². The first-order valence-electron chi connectivity index (χ1n) is 38.8. The molecule has 0 saturated carbocycles. The third-order valence-corrected chi connectivity index (χ3v) is 11.9. The van der Waals surface area contributed by atoms with Gasteiger partial charge in [0, 0.05) is 53.7 Å². The second-order valence-electron chi connectivity index (χ2n) is 32.2. The third kappa shape index (κ3) is 125. The van der Waals surface area contributed by atoms with E-state index in [0.717, 1.165) is 108 Å². The molecule has 0 radical (unpaired) electrons. The molecule has 0 N–H and O–H groups in total. The van der Waals surface area contributed by atoms with Crippen molar-refractivity contribution in [3.63, 3.8) is 0 Å². The molecule has 7 nitrogen and oxygen atoms in total. The Kier molecular flexibility index (Phi) is 87.5. The Balaban J connectivity index is -0.000000201. The molecule has 594 valence electrons. The summed E-state index contributed by atoms with van der Waals surface area (Å²) in [5.41, 5.74) is 0. The molecule has 0 fully saturated rings. The molecule has 0 aliphatic carbocycles. The lowest BCUT2D eigenvalue weighted by molar-refractivity contribution is 0.543. The quantitative estimate of drug-likeness (QED) is 0.106. The molecule has 7 rings (SSSR count). The number of thiazole rings is 2. The first kappa shape index (κ1) is 112. The van der Waals surface area contributed by atoms with Crippen LogP contribution in [0, 0.1) is 130 Å². The number of rotatable bonds is 13. The summed E-state index contributed by atoms with van der Waals surface area (Å²) in [6.45, 7) is 76.0. The van der Waals surface area contributed by atoms with Crippen molar-refractivity contribution in [2.24, 2.45) is 82.9 Å². The topological polar surface area (TPSA) is 91.0 Å². The Morgan fingerprint density at radius 3 is 1.08 bits per heavy atom. The number of aromatic nitrogens is 4. The molecule has 0 unspecified atom stereocenters. The zero-order valence-electron chi connectivity index (χ0n) is 73.5. The van der Waals surface area contributed by atoms with Crippen LogP contribution in [-0.4, -0.2) is 19.9 Å². The van der Waals surface area contributed by atoms with E-state index >= 15 is 0 Å². The maximum Gasteiger partial charge on any atom is 0.273 e. The van der Waals surface area contributed by atoms with Gasteiger partial charge < -0.3 is 13.3 Å². The second-order valence-corrected chi connectivity index (χ2v) is 36.0. The standard InChI is InChI=1S/C10H12O.C10H14S.C10H12S.C9H13NO.C9H11NO.C9H13NS.C9H11NS.7C4H10/c3*1-9(2)5-3-6-10-7-4-8-11-10;4*1-8(2)4-3-5-9-10-6-7-11-9;7*1-4(2)3/h4,7-9H,5H2,1-2H3;3-4,6-9H,5H2,1-2H3;4,7-9H,5H2,1-2H3;3,5-8H,4H2,1-2H3;6-8H,4H2,1-2H3;3,5-8H,4H2,1-2H3;6-8H,4H2,1-2H3;7*4H,1-3H3/b;6-3+;;5-3+;;5-3+;;;;;;;;. The van der Waals surface area contributed by atoms with Gasteiger partial charge in [0.25, 0.3) is 5.89 Å². The minimum atomic E-state index is 0.505. The third-order valence-electron chi connectivity index (χ3n) is 8.83. The summed E-state index contributed by atoms with van der Waals surface area (Å²) < 4.78 is 15.0. The van der Waals surface area contributed by atoms with Crippen LogP contribution in [0.15, 0.2) is 133 Å². The van der Waals surface area contributed by atoms with Crippen LogP contribution in [-0.2, 0) is 0 Å². The van der Waals surface area contributed by atoms with Gasteiger partial charge in [-0.25, -0.2) is 19.9 Å². The van der Waals surface area contributed by atoms with Gasteiger partial charge in [-0.2, -0.15) is 0 Å². The van der Waals surface area contributed by atoms with Gasteiger partial charge in [0.15, 0.2) is 10.8 Å². The number of oxazole rings is 2. The minimum Gasteiger partial charge on any atom is -0.456 e. The highest BCUT2D eigenvalue weighted by molar-refractivity contribution is 7.11. The summed E-state index contributed by atoms with van der Waals surface area (Å²) in [6.07, 6.45) is 31.5. The number of allylic oxidation sites excluding steroid dienone is 3. The van der Waals surface area contributed by atoms with Crippen molar-refractivity contribution in [3.8, 4) is 47.4 Å². The lowest BCUT2D eigenvalue weighted by Crippen LogP contribution is -1.81. The average Bonchev–Trinajstić information content (AvgIpc) is 1.93. The van der Waals surface area contributed by atoms with Crippen LogP contribution in [0.4, 0.5) is 0 Å². The molecule has 0 atom stereocenters. The predicted octanol–water partition coefficient (Wildman–Crippen LogP) is 31.8. The number of furan rings is 1. The molecule has 0 aliphatic rings. The molecule has 7 aromatic heterocycles. The van der Waals surface area contributed by atoms with E-state index in [0.29, 0.717) is 41.4 Å². The molecule has 0 spiro atoms. The number of hydrogen-bond acceptors (Lipinski definition) is 11. The van der Waals surface area contributed by atoms with E-state index in [1.165, 1.54) is 22.4 Å². The highest BCUT2D eigenvalue weighted by Gasteiger charge is 1.95. The van der Waals surface area contributed by atoms with Gasteiger partial charge in [-0.3, -0.25) is 0 Å². The lowest BCUT2D eigenvalue weighted by Gasteiger charge is -1.95. The van der Waals surface area contributed by atoms with E-state index < -0.39 is 0 Å². The van der Waals surface area contributed by atoms with E-state index in [-0.39, 0.29) is 0 Å². The first-order chi connectivity index (χ1) is 49.1. The SMILES string of the molecule is CC(C)C.CC(C)C.CC(C)C.CC(C)C.CC(C)C.CC(C)C.CC(C)C.CC(C)C/C=C/c1cccs1.CC(C)C/C=C/c1ncco1.CC(C)C/C=C/c1nccs1.CC(C)CC#Cc1ccco1.CC(C)CC#Cc1cccs1.CC(C)CC#Cc1ncco1.CC(C)CC#Cc1nccs1. The fraction of sp³-hybridized carbons (Fsp3) is 0.596. The predicted molar refractivity (Wildman–Crippen MR) is 479 cm³/mol. The molecule has 7 heterocycles. The first-order valence-corrected chi connectivity index (χ1v) is 42.3. The Morgan fingerprint density at radius 1 is 0.324 bits per heavy atom. The molecule has 0 bridgehead atoms. The molecule has 0 aromatic carbocycles. The molecular weight excluding hydrogens is 1360 g/mol. The zero-order chi connectivity index (χ0) is 81.8. The smallest absolute Gasteiger partial charge is 0.273 e. The van der Waals surface area contributed by atoms with Gasteiger partial charge >= 0.3 is 0 Å². The van der Waals surface area contributed by atoms with Crippen LogP contribution in [0.1, 0.15) is 325 Å². The van der Waals surface area contributed by atoms with Crippen molar-refractivity contribution in [2.45, 2.75) is 287 Å². The lowest BCUT2D eigenvalue weighted by atomic mass is 10.1. The second kappa shape index (κ2) is 81.9. The number of hydrogen-bond donors (Lipinski definition) is 0. The Bertz CT molecular complexity index is 2650. The van der Waals surface area contributed by atoms with Gasteiger partial charge in [-0.1, -0.05) is 302 Å². The van der Waals surface area contributed by atoms with Crippen LogP contribution in [0.2, 0.25) is 0 Å². The Hall–Kier alpha value is -6.18. The summed E-state index contributed by atoms with van der Waals surface area (Å²) in [5.74, 6) is 36.7. The largest absolute Gasteiger partial charge is 0.456 e. The Morgan fingerprint density at radius 2 is 0.724 bits per heavy atom.